The highest BCUT2D eigenvalue weighted by Crippen LogP contribution is 2.24. The molecule has 0 saturated carbocycles. The summed E-state index contributed by atoms with van der Waals surface area (Å²) in [6, 6.07) is 5.70. The molecule has 0 spiro atoms. The van der Waals surface area contributed by atoms with Crippen molar-refractivity contribution in [1.82, 2.24) is 9.97 Å². The normalized spacial score (nSPS) is 12.4. The Morgan fingerprint density at radius 2 is 2.11 bits per heavy atom. The molecule has 0 amide bonds. The van der Waals surface area contributed by atoms with Crippen LogP contribution in [0.4, 0.5) is 0 Å². The molecule has 1 N–H and O–H groups in total. The summed E-state index contributed by atoms with van der Waals surface area (Å²) < 4.78 is 0. The van der Waals surface area contributed by atoms with Gasteiger partial charge in [0.25, 0.3) is 0 Å². The molecule has 0 radical (unpaired) electrons. The van der Waals surface area contributed by atoms with Gasteiger partial charge in [0.05, 0.1) is 11.1 Å². The number of aliphatic hydroxyl groups excluding tert-OH is 1. The van der Waals surface area contributed by atoms with E-state index in [4.69, 9.17) is 11.6 Å². The summed E-state index contributed by atoms with van der Waals surface area (Å²) in [5.41, 5.74) is 2.73. The number of rotatable bonds is 4. The Bertz CT molecular complexity index is 513. The topological polar surface area (TPSA) is 46.0 Å². The smallest absolute Gasteiger partial charge is 0.0860 e. The van der Waals surface area contributed by atoms with Crippen LogP contribution in [0.15, 0.2) is 36.8 Å². The number of nitrogens with zero attached hydrogens (tertiary/aromatic N) is 2. The third-order valence-corrected chi connectivity index (χ3v) is 3.18. The molecule has 0 aliphatic heterocycles. The highest BCUT2D eigenvalue weighted by atomic mass is 35.5. The van der Waals surface area contributed by atoms with Crippen molar-refractivity contribution in [2.24, 2.45) is 0 Å². The number of pyridine rings is 2. The Hall–Kier alpha value is -1.45. The highest BCUT2D eigenvalue weighted by Gasteiger charge is 2.12. The van der Waals surface area contributed by atoms with Gasteiger partial charge in [-0.05, 0) is 24.1 Å². The summed E-state index contributed by atoms with van der Waals surface area (Å²) in [7, 11) is 0. The summed E-state index contributed by atoms with van der Waals surface area (Å²) in [6.45, 7) is 2.09. The van der Waals surface area contributed by atoms with Crippen LogP contribution in [-0.4, -0.2) is 15.1 Å². The average molecular weight is 263 g/mol. The SMILES string of the molecule is CCc1ccc(CC(O)c2ccncc2Cl)nc1. The monoisotopic (exact) mass is 262 g/mol. The fourth-order valence-corrected chi connectivity index (χ4v) is 1.99. The largest absolute Gasteiger partial charge is 0.388 e. The Labute approximate surface area is 111 Å². The summed E-state index contributed by atoms with van der Waals surface area (Å²) in [5.74, 6) is 0. The first kappa shape index (κ1) is 13.0. The zero-order valence-corrected chi connectivity index (χ0v) is 10.9. The molecular weight excluding hydrogens is 248 g/mol. The van der Waals surface area contributed by atoms with Gasteiger partial charge in [0.15, 0.2) is 0 Å². The fraction of sp³-hybridized carbons (Fsp3) is 0.286. The molecule has 2 aromatic heterocycles. The van der Waals surface area contributed by atoms with E-state index in [2.05, 4.69) is 16.9 Å². The Morgan fingerprint density at radius 1 is 1.28 bits per heavy atom. The van der Waals surface area contributed by atoms with Gasteiger partial charge in [-0.2, -0.15) is 0 Å². The lowest BCUT2D eigenvalue weighted by atomic mass is 10.1. The molecule has 2 heterocycles. The molecule has 3 nitrogen and oxygen atoms in total. The maximum Gasteiger partial charge on any atom is 0.0860 e. The summed E-state index contributed by atoms with van der Waals surface area (Å²) >= 11 is 5.99. The van der Waals surface area contributed by atoms with Crippen LogP contribution < -0.4 is 0 Å². The van der Waals surface area contributed by atoms with Crippen LogP contribution in [0.5, 0.6) is 0 Å². The highest BCUT2D eigenvalue weighted by molar-refractivity contribution is 6.31. The third kappa shape index (κ3) is 3.06. The molecule has 2 aromatic rings. The summed E-state index contributed by atoms with van der Waals surface area (Å²) in [4.78, 5) is 8.22. The molecule has 0 aliphatic rings. The van der Waals surface area contributed by atoms with E-state index in [1.54, 1.807) is 12.3 Å². The van der Waals surface area contributed by atoms with Crippen molar-refractivity contribution >= 4 is 11.6 Å². The zero-order chi connectivity index (χ0) is 13.0. The number of aryl methyl sites for hydroxylation is 1. The molecule has 94 valence electrons. The molecule has 0 fully saturated rings. The molecule has 1 unspecified atom stereocenters. The van der Waals surface area contributed by atoms with Crippen molar-refractivity contribution in [1.29, 1.82) is 0 Å². The third-order valence-electron chi connectivity index (χ3n) is 2.86. The minimum absolute atomic E-state index is 0.452. The summed E-state index contributed by atoms with van der Waals surface area (Å²) in [6.07, 6.45) is 5.77. The quantitative estimate of drug-likeness (QED) is 0.921. The van der Waals surface area contributed by atoms with E-state index in [-0.39, 0.29) is 0 Å². The molecule has 0 bridgehead atoms. The number of hydrogen-bond donors (Lipinski definition) is 1. The van der Waals surface area contributed by atoms with Gasteiger partial charge in [0, 0.05) is 36.3 Å². The van der Waals surface area contributed by atoms with E-state index >= 15 is 0 Å². The van der Waals surface area contributed by atoms with E-state index in [0.717, 1.165) is 12.1 Å². The average Bonchev–Trinajstić information content (AvgIpc) is 2.40. The molecule has 0 aliphatic carbocycles. The lowest BCUT2D eigenvalue weighted by Gasteiger charge is -2.12. The Kier molecular flexibility index (Phi) is 4.28. The van der Waals surface area contributed by atoms with Gasteiger partial charge in [0.2, 0.25) is 0 Å². The predicted octanol–water partition coefficient (Wildman–Crippen LogP) is 2.97. The van der Waals surface area contributed by atoms with Gasteiger partial charge < -0.3 is 5.11 Å². The van der Waals surface area contributed by atoms with Crippen LogP contribution in [0, 0.1) is 0 Å². The molecule has 2 rings (SSSR count). The lowest BCUT2D eigenvalue weighted by molar-refractivity contribution is 0.177. The van der Waals surface area contributed by atoms with E-state index in [1.165, 1.54) is 11.8 Å². The number of halogens is 1. The van der Waals surface area contributed by atoms with Crippen LogP contribution in [-0.2, 0) is 12.8 Å². The summed E-state index contributed by atoms with van der Waals surface area (Å²) in [5, 5.41) is 10.6. The van der Waals surface area contributed by atoms with Gasteiger partial charge in [-0.15, -0.1) is 0 Å². The zero-order valence-electron chi connectivity index (χ0n) is 10.2. The van der Waals surface area contributed by atoms with Crippen LogP contribution >= 0.6 is 11.6 Å². The van der Waals surface area contributed by atoms with Crippen LogP contribution in [0.25, 0.3) is 0 Å². The van der Waals surface area contributed by atoms with Crippen molar-refractivity contribution in [3.8, 4) is 0 Å². The predicted molar refractivity (Wildman–Crippen MR) is 71.5 cm³/mol. The molecule has 4 heteroatoms. The van der Waals surface area contributed by atoms with E-state index in [1.807, 2.05) is 18.3 Å². The van der Waals surface area contributed by atoms with Gasteiger partial charge in [-0.1, -0.05) is 24.6 Å². The minimum atomic E-state index is -0.652. The number of hydrogen-bond acceptors (Lipinski definition) is 3. The second-order valence-corrected chi connectivity index (χ2v) is 4.54. The maximum absolute atomic E-state index is 10.1. The Morgan fingerprint density at radius 3 is 2.72 bits per heavy atom. The van der Waals surface area contributed by atoms with Gasteiger partial charge in [-0.3, -0.25) is 9.97 Å². The van der Waals surface area contributed by atoms with Crippen LogP contribution in [0.3, 0.4) is 0 Å². The van der Waals surface area contributed by atoms with Crippen molar-refractivity contribution in [2.75, 3.05) is 0 Å². The van der Waals surface area contributed by atoms with Crippen LogP contribution in [0.2, 0.25) is 5.02 Å². The first-order valence-electron chi connectivity index (χ1n) is 5.92. The Balaban J connectivity index is 2.11. The van der Waals surface area contributed by atoms with E-state index in [9.17, 15) is 5.11 Å². The molecular formula is C14H15ClN2O. The van der Waals surface area contributed by atoms with Crippen molar-refractivity contribution < 1.29 is 5.11 Å². The van der Waals surface area contributed by atoms with Gasteiger partial charge in [-0.25, -0.2) is 0 Å². The molecule has 1 atom stereocenters. The second kappa shape index (κ2) is 5.94. The van der Waals surface area contributed by atoms with Gasteiger partial charge >= 0.3 is 0 Å². The fourth-order valence-electron chi connectivity index (χ4n) is 1.75. The molecule has 0 aromatic carbocycles. The van der Waals surface area contributed by atoms with Crippen molar-refractivity contribution in [3.63, 3.8) is 0 Å². The number of aliphatic hydroxyl groups is 1. The standard InChI is InChI=1S/C14H15ClN2O/c1-2-10-3-4-11(17-8-10)7-14(18)12-5-6-16-9-13(12)15/h3-6,8-9,14,18H,2,7H2,1H3. The first-order valence-corrected chi connectivity index (χ1v) is 6.29. The number of aromatic nitrogens is 2. The maximum atomic E-state index is 10.1. The van der Waals surface area contributed by atoms with Crippen molar-refractivity contribution in [3.05, 3.63) is 58.6 Å². The van der Waals surface area contributed by atoms with Crippen molar-refractivity contribution in [2.45, 2.75) is 25.9 Å². The molecule has 0 saturated heterocycles. The van der Waals surface area contributed by atoms with Crippen LogP contribution in [0.1, 0.15) is 29.8 Å². The second-order valence-electron chi connectivity index (χ2n) is 4.13. The van der Waals surface area contributed by atoms with E-state index < -0.39 is 6.10 Å². The molecule has 18 heavy (non-hydrogen) atoms. The van der Waals surface area contributed by atoms with Gasteiger partial charge in [0.1, 0.15) is 0 Å². The van der Waals surface area contributed by atoms with E-state index in [0.29, 0.717) is 17.0 Å². The first-order chi connectivity index (χ1) is 8.70. The minimum Gasteiger partial charge on any atom is -0.388 e. The lowest BCUT2D eigenvalue weighted by Crippen LogP contribution is -2.04.